The van der Waals surface area contributed by atoms with Crippen molar-refractivity contribution in [3.05, 3.63) is 71.1 Å². The van der Waals surface area contributed by atoms with Crippen LogP contribution in [-0.4, -0.2) is 29.0 Å². The van der Waals surface area contributed by atoms with E-state index in [1.165, 1.54) is 12.7 Å². The van der Waals surface area contributed by atoms with Crippen LogP contribution in [0.1, 0.15) is 25.3 Å². The van der Waals surface area contributed by atoms with Crippen molar-refractivity contribution >= 4 is 28.3 Å². The Bertz CT molecular complexity index is 1250. The van der Waals surface area contributed by atoms with Crippen molar-refractivity contribution in [2.24, 2.45) is 0 Å². The van der Waals surface area contributed by atoms with Gasteiger partial charge in [-0.25, -0.2) is 19.7 Å². The fourth-order valence-corrected chi connectivity index (χ4v) is 3.53. The van der Waals surface area contributed by atoms with E-state index in [1.807, 2.05) is 49.3 Å². The summed E-state index contributed by atoms with van der Waals surface area (Å²) < 4.78 is 5.64. The van der Waals surface area contributed by atoms with E-state index >= 15 is 0 Å². The lowest BCUT2D eigenvalue weighted by molar-refractivity contribution is 0.563. The Hall–Kier alpha value is -3.74. The zero-order valence-corrected chi connectivity index (χ0v) is 17.9. The number of hydrogen-bond donors (Lipinski definition) is 1. The van der Waals surface area contributed by atoms with Crippen LogP contribution in [0.15, 0.2) is 64.3 Å². The summed E-state index contributed by atoms with van der Waals surface area (Å²) in [6, 6.07) is 13.6. The SMILES string of the molecule is CCCCc1cc(N(C)C)cc(-c2cc3ccccc3oc2=O)c1Nc1ncncn1. The third kappa shape index (κ3) is 4.40. The van der Waals surface area contributed by atoms with E-state index in [-0.39, 0.29) is 5.63 Å². The molecule has 0 saturated heterocycles. The average Bonchev–Trinajstić information content (AvgIpc) is 2.78. The van der Waals surface area contributed by atoms with Crippen LogP contribution in [0.2, 0.25) is 0 Å². The van der Waals surface area contributed by atoms with E-state index in [2.05, 4.69) is 33.3 Å². The fourth-order valence-electron chi connectivity index (χ4n) is 3.53. The number of para-hydroxylation sites is 1. The molecule has 0 unspecified atom stereocenters. The highest BCUT2D eigenvalue weighted by Crippen LogP contribution is 2.37. The Kier molecular flexibility index (Phi) is 5.93. The molecule has 0 bridgehead atoms. The van der Waals surface area contributed by atoms with Gasteiger partial charge in [0.2, 0.25) is 5.95 Å². The number of fused-ring (bicyclic) bond motifs is 1. The quantitative estimate of drug-likeness (QED) is 0.434. The molecule has 0 fully saturated rings. The van der Waals surface area contributed by atoms with Crippen LogP contribution in [0.5, 0.6) is 0 Å². The molecule has 1 N–H and O–H groups in total. The van der Waals surface area contributed by atoms with Gasteiger partial charge in [-0.3, -0.25) is 0 Å². The van der Waals surface area contributed by atoms with Crippen molar-refractivity contribution in [3.8, 4) is 11.1 Å². The number of benzene rings is 2. The smallest absolute Gasteiger partial charge is 0.344 e. The molecule has 4 rings (SSSR count). The Balaban J connectivity index is 1.97. The molecule has 158 valence electrons. The fraction of sp³-hybridized carbons (Fsp3) is 0.250. The molecule has 0 radical (unpaired) electrons. The van der Waals surface area contributed by atoms with Gasteiger partial charge in [-0.2, -0.15) is 0 Å². The van der Waals surface area contributed by atoms with Crippen LogP contribution in [0.4, 0.5) is 17.3 Å². The van der Waals surface area contributed by atoms with E-state index in [1.54, 1.807) is 6.07 Å². The Morgan fingerprint density at radius 2 is 1.81 bits per heavy atom. The summed E-state index contributed by atoms with van der Waals surface area (Å²) in [4.78, 5) is 27.4. The van der Waals surface area contributed by atoms with Gasteiger partial charge in [0.25, 0.3) is 0 Å². The summed E-state index contributed by atoms with van der Waals surface area (Å²) in [6.45, 7) is 2.16. The van der Waals surface area contributed by atoms with Crippen molar-refractivity contribution in [2.75, 3.05) is 24.3 Å². The molecule has 31 heavy (non-hydrogen) atoms. The minimum Gasteiger partial charge on any atom is -0.422 e. The molecule has 0 aliphatic rings. The van der Waals surface area contributed by atoms with Crippen molar-refractivity contribution in [1.29, 1.82) is 0 Å². The number of hydrogen-bond acceptors (Lipinski definition) is 7. The topological polar surface area (TPSA) is 84.2 Å². The predicted octanol–water partition coefficient (Wildman–Crippen LogP) is 4.80. The van der Waals surface area contributed by atoms with Gasteiger partial charge < -0.3 is 14.6 Å². The van der Waals surface area contributed by atoms with Crippen LogP contribution in [0.25, 0.3) is 22.1 Å². The first-order valence-electron chi connectivity index (χ1n) is 10.3. The highest BCUT2D eigenvalue weighted by Gasteiger charge is 2.18. The third-order valence-corrected chi connectivity index (χ3v) is 5.18. The second-order valence-electron chi connectivity index (χ2n) is 7.60. The predicted molar refractivity (Wildman–Crippen MR) is 124 cm³/mol. The second-order valence-corrected chi connectivity index (χ2v) is 7.60. The molecule has 7 heteroatoms. The second kappa shape index (κ2) is 8.95. The molecule has 0 amide bonds. The Labute approximate surface area is 180 Å². The van der Waals surface area contributed by atoms with Gasteiger partial charge in [0.15, 0.2) is 0 Å². The van der Waals surface area contributed by atoms with Crippen LogP contribution in [-0.2, 0) is 6.42 Å². The first-order valence-corrected chi connectivity index (χ1v) is 10.3. The number of nitrogens with zero attached hydrogens (tertiary/aromatic N) is 4. The molecule has 0 atom stereocenters. The molecule has 0 aliphatic carbocycles. The monoisotopic (exact) mass is 415 g/mol. The lowest BCUT2D eigenvalue weighted by Gasteiger charge is -2.21. The van der Waals surface area contributed by atoms with E-state index in [0.717, 1.165) is 47.2 Å². The summed E-state index contributed by atoms with van der Waals surface area (Å²) in [6.07, 6.45) is 5.83. The van der Waals surface area contributed by atoms with Crippen LogP contribution in [0, 0.1) is 0 Å². The summed E-state index contributed by atoms with van der Waals surface area (Å²) in [5.74, 6) is 0.428. The summed E-state index contributed by atoms with van der Waals surface area (Å²) >= 11 is 0. The van der Waals surface area contributed by atoms with E-state index in [9.17, 15) is 4.79 Å². The van der Waals surface area contributed by atoms with Crippen LogP contribution >= 0.6 is 0 Å². The largest absolute Gasteiger partial charge is 0.422 e. The summed E-state index contributed by atoms with van der Waals surface area (Å²) in [5.41, 5.74) is 4.36. The molecule has 4 aromatic rings. The first kappa shape index (κ1) is 20.5. The lowest BCUT2D eigenvalue weighted by atomic mass is 9.96. The van der Waals surface area contributed by atoms with Gasteiger partial charge >= 0.3 is 5.63 Å². The van der Waals surface area contributed by atoms with Crippen molar-refractivity contribution in [1.82, 2.24) is 15.0 Å². The highest BCUT2D eigenvalue weighted by atomic mass is 16.4. The zero-order chi connectivity index (χ0) is 21.8. The molecule has 7 nitrogen and oxygen atoms in total. The molecule has 0 spiro atoms. The lowest BCUT2D eigenvalue weighted by Crippen LogP contribution is -2.12. The van der Waals surface area contributed by atoms with Gasteiger partial charge in [0, 0.05) is 30.7 Å². The Morgan fingerprint density at radius 3 is 2.55 bits per heavy atom. The normalized spacial score (nSPS) is 10.9. The zero-order valence-electron chi connectivity index (χ0n) is 17.9. The first-order chi connectivity index (χ1) is 15.1. The van der Waals surface area contributed by atoms with Crippen LogP contribution in [0.3, 0.4) is 0 Å². The van der Waals surface area contributed by atoms with Gasteiger partial charge in [-0.15, -0.1) is 0 Å². The molecule has 2 heterocycles. The highest BCUT2D eigenvalue weighted by molar-refractivity contribution is 5.89. The minimum absolute atomic E-state index is 0.380. The van der Waals surface area contributed by atoms with E-state index in [4.69, 9.17) is 4.42 Å². The number of aromatic nitrogens is 3. The Morgan fingerprint density at radius 1 is 1.03 bits per heavy atom. The molecular weight excluding hydrogens is 390 g/mol. The van der Waals surface area contributed by atoms with Crippen molar-refractivity contribution < 1.29 is 4.42 Å². The van der Waals surface area contributed by atoms with E-state index < -0.39 is 0 Å². The van der Waals surface area contributed by atoms with Gasteiger partial charge in [0.05, 0.1) is 11.3 Å². The van der Waals surface area contributed by atoms with Gasteiger partial charge in [0.1, 0.15) is 18.2 Å². The maximum atomic E-state index is 13.0. The number of rotatable bonds is 7. The van der Waals surface area contributed by atoms with Crippen molar-refractivity contribution in [3.63, 3.8) is 0 Å². The summed E-state index contributed by atoms with van der Waals surface area (Å²) in [7, 11) is 3.98. The maximum absolute atomic E-state index is 13.0. The van der Waals surface area contributed by atoms with Gasteiger partial charge in [-0.05, 0) is 42.7 Å². The average molecular weight is 415 g/mol. The molecule has 2 aromatic heterocycles. The summed E-state index contributed by atoms with van der Waals surface area (Å²) in [5, 5.41) is 4.20. The van der Waals surface area contributed by atoms with Crippen LogP contribution < -0.4 is 15.8 Å². The number of nitrogens with one attached hydrogen (secondary N) is 1. The molecule has 0 aliphatic heterocycles. The standard InChI is InChI=1S/C24H25N5O2/c1-4-5-8-17-11-18(29(2)3)13-19(22(17)28-24-26-14-25-15-27-24)20-12-16-9-6-7-10-21(16)31-23(20)30/h6-7,9-15H,4-5,8H2,1-3H3,(H,25,26,27,28). The molecule has 2 aromatic carbocycles. The third-order valence-electron chi connectivity index (χ3n) is 5.18. The van der Waals surface area contributed by atoms with Crippen molar-refractivity contribution in [2.45, 2.75) is 26.2 Å². The number of aryl methyl sites for hydroxylation is 1. The minimum atomic E-state index is -0.380. The van der Waals surface area contributed by atoms with Gasteiger partial charge in [-0.1, -0.05) is 31.5 Å². The molecule has 0 saturated carbocycles. The number of anilines is 3. The number of unbranched alkanes of at least 4 members (excludes halogenated alkanes) is 1. The van der Waals surface area contributed by atoms with E-state index in [0.29, 0.717) is 17.1 Å². The maximum Gasteiger partial charge on any atom is 0.344 e. The molecular formula is C24H25N5O2.